The maximum absolute atomic E-state index is 14.2. The summed E-state index contributed by atoms with van der Waals surface area (Å²) >= 11 is 1.03. The van der Waals surface area contributed by atoms with Crippen LogP contribution < -0.4 is 14.4 Å². The summed E-state index contributed by atoms with van der Waals surface area (Å²) in [4.78, 5) is 23.1. The van der Waals surface area contributed by atoms with Crippen LogP contribution in [0, 0.1) is 11.6 Å². The second kappa shape index (κ2) is 9.74. The first-order chi connectivity index (χ1) is 16.0. The Bertz CT molecular complexity index is 1330. The van der Waals surface area contributed by atoms with Gasteiger partial charge in [0.05, 0.1) is 31.2 Å². The number of pyridine rings is 1. The molecule has 4 aromatic rings. The zero-order chi connectivity index (χ0) is 23.4. The molecule has 0 bridgehead atoms. The summed E-state index contributed by atoms with van der Waals surface area (Å²) in [7, 11) is 3.07. The minimum absolute atomic E-state index is 0.0130. The Morgan fingerprint density at radius 2 is 1.91 bits per heavy atom. The standard InChI is InChI=1S/C24H19F2N3O3S/c1-31-19-8-6-15(11-20(19)32-2)7-9-22(30)29(14-17-5-3-4-10-27-17)24-28-23-18(26)12-16(25)13-21(23)33-24/h3-13H,14H2,1-2H3/b9-7+. The number of hydrogen-bond donors (Lipinski definition) is 0. The zero-order valence-corrected chi connectivity index (χ0v) is 18.6. The van der Waals surface area contributed by atoms with E-state index in [-0.39, 0.29) is 17.2 Å². The normalized spacial score (nSPS) is 11.2. The second-order valence-corrected chi connectivity index (χ2v) is 7.93. The smallest absolute Gasteiger partial charge is 0.253 e. The monoisotopic (exact) mass is 467 g/mol. The van der Waals surface area contributed by atoms with Crippen LogP contribution in [-0.2, 0) is 11.3 Å². The lowest BCUT2D eigenvalue weighted by Gasteiger charge is -2.17. The van der Waals surface area contributed by atoms with Crippen LogP contribution in [0.4, 0.5) is 13.9 Å². The first-order valence-corrected chi connectivity index (χ1v) is 10.7. The fourth-order valence-electron chi connectivity index (χ4n) is 3.17. The summed E-state index contributed by atoms with van der Waals surface area (Å²) in [6.45, 7) is 0.111. The molecule has 6 nitrogen and oxygen atoms in total. The molecule has 4 rings (SSSR count). The Labute approximate surface area is 192 Å². The first-order valence-electron chi connectivity index (χ1n) is 9.85. The van der Waals surface area contributed by atoms with E-state index in [1.165, 1.54) is 24.2 Å². The van der Waals surface area contributed by atoms with Gasteiger partial charge in [0.15, 0.2) is 22.4 Å². The Morgan fingerprint density at radius 1 is 1.09 bits per heavy atom. The molecule has 9 heteroatoms. The van der Waals surface area contributed by atoms with Crippen LogP contribution >= 0.6 is 11.3 Å². The summed E-state index contributed by atoms with van der Waals surface area (Å²) in [6, 6.07) is 12.6. The molecule has 0 N–H and O–H groups in total. The van der Waals surface area contributed by atoms with Gasteiger partial charge in [-0.25, -0.2) is 13.8 Å². The summed E-state index contributed by atoms with van der Waals surface area (Å²) in [6.07, 6.45) is 4.63. The van der Waals surface area contributed by atoms with Crippen molar-refractivity contribution in [1.82, 2.24) is 9.97 Å². The van der Waals surface area contributed by atoms with E-state index in [1.807, 2.05) is 0 Å². The molecule has 1 amide bonds. The van der Waals surface area contributed by atoms with E-state index in [0.29, 0.717) is 21.9 Å². The molecular formula is C24H19F2N3O3S. The molecule has 0 aliphatic carbocycles. The van der Waals surface area contributed by atoms with Crippen LogP contribution in [0.5, 0.6) is 11.5 Å². The summed E-state index contributed by atoms with van der Waals surface area (Å²) in [5, 5.41) is 0.238. The Kier molecular flexibility index (Phi) is 6.60. The van der Waals surface area contributed by atoms with Gasteiger partial charge in [-0.3, -0.25) is 14.7 Å². The topological polar surface area (TPSA) is 64.5 Å². The fourth-order valence-corrected chi connectivity index (χ4v) is 4.18. The lowest BCUT2D eigenvalue weighted by Crippen LogP contribution is -2.29. The molecule has 0 unspecified atom stereocenters. The lowest BCUT2D eigenvalue weighted by molar-refractivity contribution is -0.114. The largest absolute Gasteiger partial charge is 0.493 e. The van der Waals surface area contributed by atoms with Crippen molar-refractivity contribution in [1.29, 1.82) is 0 Å². The number of nitrogens with zero attached hydrogens (tertiary/aromatic N) is 3. The molecule has 0 fully saturated rings. The molecule has 0 aliphatic heterocycles. The van der Waals surface area contributed by atoms with Gasteiger partial charge in [0, 0.05) is 18.3 Å². The van der Waals surface area contributed by atoms with E-state index in [9.17, 15) is 13.6 Å². The Hall–Kier alpha value is -3.85. The van der Waals surface area contributed by atoms with Gasteiger partial charge in [0.1, 0.15) is 11.3 Å². The highest BCUT2D eigenvalue weighted by atomic mass is 32.1. The number of benzene rings is 2. The van der Waals surface area contributed by atoms with E-state index in [1.54, 1.807) is 55.8 Å². The van der Waals surface area contributed by atoms with E-state index in [2.05, 4.69) is 9.97 Å². The van der Waals surface area contributed by atoms with Crippen LogP contribution in [0.3, 0.4) is 0 Å². The summed E-state index contributed by atoms with van der Waals surface area (Å²) in [5.74, 6) is -0.775. The van der Waals surface area contributed by atoms with E-state index in [0.717, 1.165) is 23.0 Å². The zero-order valence-electron chi connectivity index (χ0n) is 17.8. The van der Waals surface area contributed by atoms with Crippen LogP contribution in [0.15, 0.2) is 60.8 Å². The number of hydrogen-bond acceptors (Lipinski definition) is 6. The van der Waals surface area contributed by atoms with Crippen LogP contribution in [-0.4, -0.2) is 30.1 Å². The first kappa shape index (κ1) is 22.3. The van der Waals surface area contributed by atoms with Crippen molar-refractivity contribution in [3.05, 3.63) is 83.7 Å². The number of halogens is 2. The van der Waals surface area contributed by atoms with Crippen molar-refractivity contribution in [2.75, 3.05) is 19.1 Å². The van der Waals surface area contributed by atoms with Gasteiger partial charge in [-0.15, -0.1) is 0 Å². The number of thiazole rings is 1. The quantitative estimate of drug-likeness (QED) is 0.348. The van der Waals surface area contributed by atoms with Crippen molar-refractivity contribution in [2.45, 2.75) is 6.54 Å². The predicted octanol–water partition coefficient (Wildman–Crippen LogP) is 5.23. The number of ether oxygens (including phenoxy) is 2. The molecular weight excluding hydrogens is 448 g/mol. The van der Waals surface area contributed by atoms with Crippen molar-refractivity contribution in [3.8, 4) is 11.5 Å². The number of carbonyl (C=O) groups excluding carboxylic acids is 1. The van der Waals surface area contributed by atoms with Crippen molar-refractivity contribution in [2.24, 2.45) is 0 Å². The third-order valence-electron chi connectivity index (χ3n) is 4.77. The highest BCUT2D eigenvalue weighted by Crippen LogP contribution is 2.32. The van der Waals surface area contributed by atoms with Gasteiger partial charge in [-0.1, -0.05) is 23.5 Å². The molecule has 33 heavy (non-hydrogen) atoms. The minimum atomic E-state index is -0.779. The maximum Gasteiger partial charge on any atom is 0.253 e. The van der Waals surface area contributed by atoms with Crippen molar-refractivity contribution >= 4 is 38.7 Å². The molecule has 0 spiro atoms. The second-order valence-electron chi connectivity index (χ2n) is 6.92. The van der Waals surface area contributed by atoms with Crippen LogP contribution in [0.1, 0.15) is 11.3 Å². The number of rotatable bonds is 7. The van der Waals surface area contributed by atoms with Crippen LogP contribution in [0.2, 0.25) is 0 Å². The molecule has 0 atom stereocenters. The van der Waals surface area contributed by atoms with E-state index < -0.39 is 17.5 Å². The fraction of sp³-hybridized carbons (Fsp3) is 0.125. The summed E-state index contributed by atoms with van der Waals surface area (Å²) < 4.78 is 38.7. The number of carbonyl (C=O) groups is 1. The number of methoxy groups -OCH3 is 2. The molecule has 2 aromatic heterocycles. The molecule has 0 radical (unpaired) electrons. The predicted molar refractivity (Wildman–Crippen MR) is 124 cm³/mol. The molecule has 2 heterocycles. The van der Waals surface area contributed by atoms with Gasteiger partial charge in [-0.05, 0) is 42.0 Å². The highest BCUT2D eigenvalue weighted by Gasteiger charge is 2.21. The van der Waals surface area contributed by atoms with Gasteiger partial charge in [-0.2, -0.15) is 0 Å². The molecule has 2 aromatic carbocycles. The average molecular weight is 467 g/mol. The van der Waals surface area contributed by atoms with Crippen LogP contribution in [0.25, 0.3) is 16.3 Å². The number of anilines is 1. The maximum atomic E-state index is 14.2. The number of aromatic nitrogens is 2. The van der Waals surface area contributed by atoms with Gasteiger partial charge >= 0.3 is 0 Å². The third-order valence-corrected chi connectivity index (χ3v) is 5.80. The van der Waals surface area contributed by atoms with Gasteiger partial charge in [0.25, 0.3) is 5.91 Å². The SMILES string of the molecule is COc1ccc(/C=C/C(=O)N(Cc2ccccn2)c2nc3c(F)cc(F)cc3s2)cc1OC. The summed E-state index contributed by atoms with van der Waals surface area (Å²) in [5.41, 5.74) is 1.35. The number of amides is 1. The number of fused-ring (bicyclic) bond motifs is 1. The van der Waals surface area contributed by atoms with Crippen molar-refractivity contribution < 1.29 is 23.0 Å². The average Bonchev–Trinajstić information content (AvgIpc) is 3.25. The minimum Gasteiger partial charge on any atom is -0.493 e. The van der Waals surface area contributed by atoms with Gasteiger partial charge < -0.3 is 9.47 Å². The van der Waals surface area contributed by atoms with E-state index >= 15 is 0 Å². The molecule has 0 saturated carbocycles. The Balaban J connectivity index is 1.68. The highest BCUT2D eigenvalue weighted by molar-refractivity contribution is 7.22. The molecule has 0 aliphatic rings. The van der Waals surface area contributed by atoms with Crippen molar-refractivity contribution in [3.63, 3.8) is 0 Å². The molecule has 0 saturated heterocycles. The Morgan fingerprint density at radius 3 is 2.64 bits per heavy atom. The third kappa shape index (κ3) is 4.98. The molecule has 168 valence electrons. The van der Waals surface area contributed by atoms with Gasteiger partial charge in [0.2, 0.25) is 0 Å². The van der Waals surface area contributed by atoms with E-state index in [4.69, 9.17) is 9.47 Å². The lowest BCUT2D eigenvalue weighted by atomic mass is 10.2.